The van der Waals surface area contributed by atoms with Gasteiger partial charge in [0.2, 0.25) is 0 Å². The van der Waals surface area contributed by atoms with Crippen LogP contribution in [0, 0.1) is 5.41 Å². The molecule has 81 valence electrons. The van der Waals surface area contributed by atoms with Crippen LogP contribution >= 0.6 is 0 Å². The SMILES string of the molecule is CC(C)(C)CCCCCC(=O)[O-].[Cu+2]. The first-order valence-corrected chi connectivity index (χ1v) is 4.62. The van der Waals surface area contributed by atoms with E-state index in [-0.39, 0.29) is 23.5 Å². The summed E-state index contributed by atoms with van der Waals surface area (Å²) in [5.41, 5.74) is 0.376. The van der Waals surface area contributed by atoms with Crippen LogP contribution in [0.2, 0.25) is 0 Å². The van der Waals surface area contributed by atoms with E-state index in [9.17, 15) is 9.90 Å². The van der Waals surface area contributed by atoms with Gasteiger partial charge in [0.25, 0.3) is 0 Å². The van der Waals surface area contributed by atoms with E-state index in [2.05, 4.69) is 20.8 Å². The van der Waals surface area contributed by atoms with Gasteiger partial charge in [-0.1, -0.05) is 33.6 Å². The minimum atomic E-state index is -0.925. The smallest absolute Gasteiger partial charge is 0.550 e. The topological polar surface area (TPSA) is 40.1 Å². The molecule has 0 aliphatic heterocycles. The van der Waals surface area contributed by atoms with Crippen molar-refractivity contribution in [3.8, 4) is 0 Å². The molecule has 2 nitrogen and oxygen atoms in total. The van der Waals surface area contributed by atoms with Crippen molar-refractivity contribution in [2.24, 2.45) is 5.41 Å². The van der Waals surface area contributed by atoms with E-state index in [1.165, 1.54) is 6.42 Å². The van der Waals surface area contributed by atoms with Gasteiger partial charge < -0.3 is 9.90 Å². The molecule has 0 saturated heterocycles. The number of carboxylic acids is 1. The maximum atomic E-state index is 10.0. The van der Waals surface area contributed by atoms with Gasteiger partial charge in [-0.05, 0) is 24.7 Å². The second kappa shape index (κ2) is 7.40. The average molecular weight is 235 g/mol. The molecule has 3 heteroatoms. The Morgan fingerprint density at radius 3 is 2.08 bits per heavy atom. The third kappa shape index (κ3) is 14.8. The van der Waals surface area contributed by atoms with Crippen molar-refractivity contribution in [3.05, 3.63) is 0 Å². The van der Waals surface area contributed by atoms with Gasteiger partial charge in [0, 0.05) is 5.97 Å². The first kappa shape index (κ1) is 15.5. The van der Waals surface area contributed by atoms with E-state index in [4.69, 9.17) is 0 Å². The Labute approximate surface area is 91.6 Å². The summed E-state index contributed by atoms with van der Waals surface area (Å²) in [5, 5.41) is 10.0. The molecule has 0 aromatic heterocycles. The van der Waals surface area contributed by atoms with Crippen LogP contribution < -0.4 is 5.11 Å². The van der Waals surface area contributed by atoms with Crippen molar-refractivity contribution in [1.29, 1.82) is 0 Å². The molecular formula is C10H19CuO2+. The van der Waals surface area contributed by atoms with E-state index in [0.29, 0.717) is 5.41 Å². The monoisotopic (exact) mass is 234 g/mol. The molecule has 1 radical (unpaired) electrons. The zero-order chi connectivity index (χ0) is 9.61. The Bertz CT molecular complexity index is 138. The summed E-state index contributed by atoms with van der Waals surface area (Å²) >= 11 is 0. The number of hydrogen-bond acceptors (Lipinski definition) is 2. The van der Waals surface area contributed by atoms with Gasteiger partial charge in [0.05, 0.1) is 0 Å². The molecule has 0 aromatic carbocycles. The summed E-state index contributed by atoms with van der Waals surface area (Å²) in [6.45, 7) is 6.60. The van der Waals surface area contributed by atoms with Gasteiger partial charge in [0.15, 0.2) is 0 Å². The van der Waals surface area contributed by atoms with Gasteiger partial charge in [-0.3, -0.25) is 0 Å². The Hall–Kier alpha value is -0.0105. The summed E-state index contributed by atoms with van der Waals surface area (Å²) in [4.78, 5) is 10.0. The second-order valence-corrected chi connectivity index (χ2v) is 4.49. The Morgan fingerprint density at radius 2 is 1.69 bits per heavy atom. The number of unbranched alkanes of at least 4 members (excludes halogenated alkanes) is 2. The maximum Gasteiger partial charge on any atom is 2.00 e. The zero-order valence-electron chi connectivity index (χ0n) is 8.65. The van der Waals surface area contributed by atoms with Crippen LogP contribution in [0.1, 0.15) is 52.9 Å². The first-order valence-electron chi connectivity index (χ1n) is 4.62. The van der Waals surface area contributed by atoms with E-state index in [1.54, 1.807) is 0 Å². The normalized spacial score (nSPS) is 10.7. The third-order valence-electron chi connectivity index (χ3n) is 1.81. The molecule has 0 aromatic rings. The molecule has 0 spiro atoms. The summed E-state index contributed by atoms with van der Waals surface area (Å²) in [5.74, 6) is -0.925. The van der Waals surface area contributed by atoms with E-state index < -0.39 is 5.97 Å². The number of carboxylic acid groups (broad SMARTS) is 1. The summed E-state index contributed by atoms with van der Waals surface area (Å²) in [6.07, 6.45) is 4.27. The van der Waals surface area contributed by atoms with Crippen LogP contribution in [0.25, 0.3) is 0 Å². The van der Waals surface area contributed by atoms with Crippen molar-refractivity contribution in [3.63, 3.8) is 0 Å². The van der Waals surface area contributed by atoms with E-state index in [0.717, 1.165) is 19.3 Å². The number of carbonyl (C=O) groups is 1. The standard InChI is InChI=1S/C10H20O2.Cu/c1-10(2,3)8-6-4-5-7-9(11)12;/h4-8H2,1-3H3,(H,11,12);/q;+2/p-1. The fourth-order valence-corrected chi connectivity index (χ4v) is 1.10. The van der Waals surface area contributed by atoms with Gasteiger partial charge >= 0.3 is 17.1 Å². The molecule has 0 rings (SSSR count). The molecular weight excluding hydrogens is 216 g/mol. The zero-order valence-corrected chi connectivity index (χ0v) is 9.60. The van der Waals surface area contributed by atoms with Crippen LogP contribution in [0.4, 0.5) is 0 Å². The molecule has 13 heavy (non-hydrogen) atoms. The number of carbonyl (C=O) groups excluding carboxylic acids is 1. The maximum absolute atomic E-state index is 10.0. The molecule has 0 saturated carbocycles. The predicted octanol–water partition coefficient (Wildman–Crippen LogP) is 1.73. The second-order valence-electron chi connectivity index (χ2n) is 4.49. The van der Waals surface area contributed by atoms with Crippen molar-refractivity contribution < 1.29 is 27.0 Å². The van der Waals surface area contributed by atoms with Crippen LogP contribution in [0.15, 0.2) is 0 Å². The van der Waals surface area contributed by atoms with Gasteiger partial charge in [-0.25, -0.2) is 0 Å². The van der Waals surface area contributed by atoms with Gasteiger partial charge in [-0.15, -0.1) is 0 Å². The van der Waals surface area contributed by atoms with E-state index >= 15 is 0 Å². The van der Waals surface area contributed by atoms with Gasteiger partial charge in [-0.2, -0.15) is 0 Å². The molecule has 0 amide bonds. The summed E-state index contributed by atoms with van der Waals surface area (Å²) in [7, 11) is 0. The first-order chi connectivity index (χ1) is 5.42. The average Bonchev–Trinajstić information content (AvgIpc) is 1.83. The predicted molar refractivity (Wildman–Crippen MR) is 47.5 cm³/mol. The minimum Gasteiger partial charge on any atom is -0.550 e. The molecule has 0 fully saturated rings. The molecule has 0 heterocycles. The number of hydrogen-bond donors (Lipinski definition) is 0. The largest absolute Gasteiger partial charge is 2.00 e. The van der Waals surface area contributed by atoms with Gasteiger partial charge in [0.1, 0.15) is 0 Å². The van der Waals surface area contributed by atoms with Crippen LogP contribution in [-0.2, 0) is 21.9 Å². The minimum absolute atomic E-state index is 0. The molecule has 0 N–H and O–H groups in total. The molecule has 0 bridgehead atoms. The number of rotatable bonds is 5. The third-order valence-corrected chi connectivity index (χ3v) is 1.81. The summed E-state index contributed by atoms with van der Waals surface area (Å²) < 4.78 is 0. The Kier molecular flexibility index (Phi) is 8.80. The van der Waals surface area contributed by atoms with Crippen LogP contribution in [-0.4, -0.2) is 5.97 Å². The number of aliphatic carboxylic acids is 1. The Balaban J connectivity index is 0. The van der Waals surface area contributed by atoms with Crippen molar-refractivity contribution in [2.75, 3.05) is 0 Å². The molecule has 0 aliphatic rings. The van der Waals surface area contributed by atoms with Crippen molar-refractivity contribution >= 4 is 5.97 Å². The molecule has 0 unspecified atom stereocenters. The van der Waals surface area contributed by atoms with Crippen LogP contribution in [0.5, 0.6) is 0 Å². The van der Waals surface area contributed by atoms with Crippen LogP contribution in [0.3, 0.4) is 0 Å². The molecule has 0 atom stereocenters. The fraction of sp³-hybridized carbons (Fsp3) is 0.900. The van der Waals surface area contributed by atoms with Crippen molar-refractivity contribution in [2.45, 2.75) is 52.9 Å². The fourth-order valence-electron chi connectivity index (χ4n) is 1.10. The van der Waals surface area contributed by atoms with E-state index in [1.807, 2.05) is 0 Å². The Morgan fingerprint density at radius 1 is 1.15 bits per heavy atom. The summed E-state index contributed by atoms with van der Waals surface area (Å²) in [6, 6.07) is 0. The molecule has 0 aliphatic carbocycles. The quantitative estimate of drug-likeness (QED) is 0.537. The van der Waals surface area contributed by atoms with Crippen molar-refractivity contribution in [1.82, 2.24) is 0 Å².